The van der Waals surface area contributed by atoms with Crippen molar-refractivity contribution in [2.75, 3.05) is 24.3 Å². The molecule has 7 nitrogen and oxygen atoms in total. The normalized spacial score (nSPS) is 24.3. The van der Waals surface area contributed by atoms with Gasteiger partial charge in [-0.05, 0) is 36.1 Å². The molecule has 3 aliphatic rings. The number of ether oxygens (including phenoxy) is 2. The summed E-state index contributed by atoms with van der Waals surface area (Å²) in [6, 6.07) is 4.00. The van der Waals surface area contributed by atoms with Crippen LogP contribution in [0.5, 0.6) is 0 Å². The summed E-state index contributed by atoms with van der Waals surface area (Å²) in [5.74, 6) is -0.627. The average molecular weight is 419 g/mol. The molecule has 1 saturated carbocycles. The molecule has 29 heavy (non-hydrogen) atoms. The summed E-state index contributed by atoms with van der Waals surface area (Å²) < 4.78 is 26.6. The van der Waals surface area contributed by atoms with E-state index in [1.54, 1.807) is 7.05 Å². The van der Waals surface area contributed by atoms with Crippen LogP contribution in [0.3, 0.4) is 0 Å². The lowest BCUT2D eigenvalue weighted by molar-refractivity contribution is -0.262. The second-order valence-electron chi connectivity index (χ2n) is 7.69. The van der Waals surface area contributed by atoms with Crippen LogP contribution in [0, 0.1) is 17.7 Å². The lowest BCUT2D eigenvalue weighted by atomic mass is 9.69. The summed E-state index contributed by atoms with van der Waals surface area (Å²) >= 11 is 5.81. The van der Waals surface area contributed by atoms with Crippen LogP contribution in [-0.4, -0.2) is 34.7 Å². The molecule has 1 saturated heterocycles. The van der Waals surface area contributed by atoms with Crippen molar-refractivity contribution in [3.63, 3.8) is 0 Å². The molecule has 0 radical (unpaired) electrons. The molecule has 2 fully saturated rings. The molecule has 1 amide bonds. The highest BCUT2D eigenvalue weighted by Crippen LogP contribution is 2.58. The highest BCUT2D eigenvalue weighted by atomic mass is 35.5. The number of aryl methyl sites for hydroxylation is 1. The van der Waals surface area contributed by atoms with Gasteiger partial charge in [-0.3, -0.25) is 9.48 Å². The molecule has 2 atom stereocenters. The highest BCUT2D eigenvalue weighted by Gasteiger charge is 2.59. The molecule has 2 unspecified atom stereocenters. The first kappa shape index (κ1) is 18.6. The Labute approximate surface area is 171 Å². The van der Waals surface area contributed by atoms with E-state index in [1.165, 1.54) is 22.9 Å². The molecule has 5 rings (SSSR count). The van der Waals surface area contributed by atoms with Crippen molar-refractivity contribution in [2.45, 2.75) is 18.6 Å². The quantitative estimate of drug-likeness (QED) is 0.798. The van der Waals surface area contributed by atoms with Gasteiger partial charge in [0.25, 0.3) is 5.91 Å². The van der Waals surface area contributed by atoms with Gasteiger partial charge in [-0.2, -0.15) is 5.10 Å². The number of nitrogens with zero attached hydrogens (tertiary/aromatic N) is 2. The first-order valence-corrected chi connectivity index (χ1v) is 9.83. The van der Waals surface area contributed by atoms with E-state index in [1.807, 2.05) is 0 Å². The van der Waals surface area contributed by atoms with Gasteiger partial charge in [0.2, 0.25) is 0 Å². The smallest absolute Gasteiger partial charge is 0.261 e. The summed E-state index contributed by atoms with van der Waals surface area (Å²) in [5.41, 5.74) is 8.35. The number of benzene rings is 1. The Hall–Kier alpha value is -2.42. The van der Waals surface area contributed by atoms with Gasteiger partial charge in [-0.1, -0.05) is 17.7 Å². The van der Waals surface area contributed by atoms with Crippen molar-refractivity contribution in [3.05, 3.63) is 46.4 Å². The zero-order chi connectivity index (χ0) is 20.3. The molecule has 2 aromatic rings. The Morgan fingerprint density at radius 1 is 1.41 bits per heavy atom. The molecule has 3 N–H and O–H groups in total. The second-order valence-corrected chi connectivity index (χ2v) is 8.10. The van der Waals surface area contributed by atoms with E-state index in [2.05, 4.69) is 16.5 Å². The molecular formula is C20H20ClFN4O3. The average Bonchev–Trinajstić information content (AvgIpc) is 3.36. The zero-order valence-corrected chi connectivity index (χ0v) is 16.5. The topological polar surface area (TPSA) is 91.4 Å². The Kier molecular flexibility index (Phi) is 4.20. The van der Waals surface area contributed by atoms with Crippen LogP contribution in [0.25, 0.3) is 5.57 Å². The van der Waals surface area contributed by atoms with Crippen LogP contribution in [0.15, 0.2) is 24.3 Å². The summed E-state index contributed by atoms with van der Waals surface area (Å²) in [5, 5.41) is 7.15. The van der Waals surface area contributed by atoms with Crippen molar-refractivity contribution in [2.24, 2.45) is 18.9 Å². The Morgan fingerprint density at radius 3 is 2.90 bits per heavy atom. The number of rotatable bonds is 3. The van der Waals surface area contributed by atoms with Crippen molar-refractivity contribution in [1.29, 1.82) is 0 Å². The number of nitrogen functional groups attached to an aromatic ring is 1. The van der Waals surface area contributed by atoms with Crippen LogP contribution in [0.1, 0.15) is 28.9 Å². The number of allylic oxidation sites excluding steroid dienone is 2. The van der Waals surface area contributed by atoms with Crippen LogP contribution in [0.2, 0.25) is 5.02 Å². The number of halogens is 2. The number of carbonyl (C=O) groups is 1. The minimum atomic E-state index is -0.553. The Bertz CT molecular complexity index is 1040. The number of amides is 1. The van der Waals surface area contributed by atoms with Crippen LogP contribution in [0.4, 0.5) is 15.9 Å². The first-order chi connectivity index (χ1) is 13.9. The van der Waals surface area contributed by atoms with Crippen LogP contribution in [-0.2, 0) is 16.5 Å². The molecule has 9 heteroatoms. The largest absolute Gasteiger partial charge is 0.383 e. The van der Waals surface area contributed by atoms with E-state index in [4.69, 9.17) is 26.8 Å². The van der Waals surface area contributed by atoms with Gasteiger partial charge in [-0.25, -0.2) is 4.39 Å². The van der Waals surface area contributed by atoms with Gasteiger partial charge >= 0.3 is 0 Å². The number of hydrogen-bond donors (Lipinski definition) is 2. The van der Waals surface area contributed by atoms with Crippen molar-refractivity contribution < 1.29 is 18.7 Å². The van der Waals surface area contributed by atoms with Gasteiger partial charge in [0.1, 0.15) is 22.9 Å². The minimum absolute atomic E-state index is 0.0703. The molecule has 1 aliphatic heterocycles. The Balaban J connectivity index is 1.42. The van der Waals surface area contributed by atoms with E-state index in [9.17, 15) is 9.18 Å². The summed E-state index contributed by atoms with van der Waals surface area (Å²) in [7, 11) is 1.69. The van der Waals surface area contributed by atoms with Gasteiger partial charge in [0, 0.05) is 25.1 Å². The van der Waals surface area contributed by atoms with Gasteiger partial charge in [0.05, 0.1) is 18.2 Å². The zero-order valence-electron chi connectivity index (χ0n) is 15.7. The fourth-order valence-electron chi connectivity index (χ4n) is 4.56. The predicted octanol–water partition coefficient (Wildman–Crippen LogP) is 3.21. The monoisotopic (exact) mass is 418 g/mol. The molecular weight excluding hydrogens is 399 g/mol. The fourth-order valence-corrected chi connectivity index (χ4v) is 4.74. The van der Waals surface area contributed by atoms with Gasteiger partial charge < -0.3 is 20.5 Å². The van der Waals surface area contributed by atoms with E-state index in [0.29, 0.717) is 42.5 Å². The molecule has 1 aromatic heterocycles. The summed E-state index contributed by atoms with van der Waals surface area (Å²) in [4.78, 5) is 13.0. The number of nitrogens with two attached hydrogens (primary N) is 1. The first-order valence-electron chi connectivity index (χ1n) is 9.46. The SMILES string of the molecule is Cn1nc(C2=CC3CC4(OCCO4)C3C2)c(C(=O)Nc2ccc(F)c(Cl)c2)c1N. The van der Waals surface area contributed by atoms with E-state index in [-0.39, 0.29) is 16.8 Å². The second kappa shape index (κ2) is 6.55. The molecule has 0 bridgehead atoms. The van der Waals surface area contributed by atoms with Crippen LogP contribution >= 0.6 is 11.6 Å². The number of nitrogens with one attached hydrogen (secondary N) is 1. The third-order valence-electron chi connectivity index (χ3n) is 6.03. The third kappa shape index (κ3) is 2.86. The molecule has 2 aliphatic carbocycles. The summed E-state index contributed by atoms with van der Waals surface area (Å²) in [6.45, 7) is 1.23. The lowest BCUT2D eigenvalue weighted by Gasteiger charge is -2.47. The maximum Gasteiger partial charge on any atom is 0.261 e. The highest BCUT2D eigenvalue weighted by molar-refractivity contribution is 6.31. The maximum atomic E-state index is 13.4. The van der Waals surface area contributed by atoms with E-state index >= 15 is 0 Å². The number of carbonyl (C=O) groups excluding carboxylic acids is 1. The molecule has 2 heterocycles. The number of aromatic nitrogens is 2. The van der Waals surface area contributed by atoms with Crippen molar-refractivity contribution >= 4 is 34.6 Å². The summed E-state index contributed by atoms with van der Waals surface area (Å²) in [6.07, 6.45) is 3.68. The van der Waals surface area contributed by atoms with Crippen molar-refractivity contribution in [1.82, 2.24) is 9.78 Å². The standard InChI is InChI=1S/C20H20ClFN4O3/c1-26-18(23)16(19(27)24-12-2-3-15(22)14(21)8-12)17(25-26)10-6-11-9-20(13(11)7-10)28-4-5-29-20/h2-3,6,8,11,13H,4-5,7,9,23H2,1H3,(H,24,27). The molecule has 1 spiro atoms. The minimum Gasteiger partial charge on any atom is -0.383 e. The van der Waals surface area contributed by atoms with Crippen LogP contribution < -0.4 is 11.1 Å². The fraction of sp³-hybridized carbons (Fsp3) is 0.400. The predicted molar refractivity (Wildman–Crippen MR) is 106 cm³/mol. The maximum absolute atomic E-state index is 13.4. The molecule has 152 valence electrons. The molecule has 1 aromatic carbocycles. The van der Waals surface area contributed by atoms with E-state index < -0.39 is 17.5 Å². The number of anilines is 2. The number of fused-ring (bicyclic) bond motifs is 2. The third-order valence-corrected chi connectivity index (χ3v) is 6.32. The lowest BCUT2D eigenvalue weighted by Crippen LogP contribution is -2.52. The van der Waals surface area contributed by atoms with E-state index in [0.717, 1.165) is 12.0 Å². The number of hydrogen-bond acceptors (Lipinski definition) is 5. The van der Waals surface area contributed by atoms with Crippen molar-refractivity contribution in [3.8, 4) is 0 Å². The van der Waals surface area contributed by atoms with Gasteiger partial charge in [0.15, 0.2) is 5.79 Å². The van der Waals surface area contributed by atoms with Gasteiger partial charge in [-0.15, -0.1) is 0 Å². The Morgan fingerprint density at radius 2 is 2.17 bits per heavy atom.